The molecule has 8 nitrogen and oxygen atoms in total. The molecule has 0 atom stereocenters. The lowest BCUT2D eigenvalue weighted by molar-refractivity contribution is 0.669. The quantitative estimate of drug-likeness (QED) is 0.141. The van der Waals surface area contributed by atoms with Crippen LogP contribution in [0.3, 0.4) is 0 Å². The maximum atomic E-state index is 6.49. The van der Waals surface area contributed by atoms with Crippen LogP contribution < -0.4 is 0 Å². The molecule has 0 saturated heterocycles. The zero-order chi connectivity index (χ0) is 73.7. The van der Waals surface area contributed by atoms with Gasteiger partial charge in [0.2, 0.25) is 0 Å². The summed E-state index contributed by atoms with van der Waals surface area (Å²) in [4.78, 5) is 31.1. The molecule has 112 heavy (non-hydrogen) atoms. The second-order valence-electron chi connectivity index (χ2n) is 28.8. The van der Waals surface area contributed by atoms with E-state index in [0.29, 0.717) is 34.9 Å². The van der Waals surface area contributed by atoms with Gasteiger partial charge in [0.25, 0.3) is 0 Å². The molecule has 0 aliphatic carbocycles. The molecule has 4 aromatic heterocycles. The number of hydrogen-bond donors (Lipinski definition) is 0. The molecule has 0 aliphatic rings. The van der Waals surface area contributed by atoms with E-state index in [1.54, 1.807) is 0 Å². The Bertz CT molecular complexity index is 7690. The predicted octanol–water partition coefficient (Wildman–Crippen LogP) is 27.8. The van der Waals surface area contributed by atoms with E-state index in [1.807, 2.05) is 0 Å². The van der Waals surface area contributed by atoms with Crippen LogP contribution in [0.4, 0.5) is 0 Å². The highest BCUT2D eigenvalue weighted by atomic mass is 16.3. The molecule has 0 fully saturated rings. The van der Waals surface area contributed by atoms with Crippen molar-refractivity contribution in [2.45, 2.75) is 0 Å². The first-order chi connectivity index (χ1) is 55.4. The van der Waals surface area contributed by atoms with Crippen LogP contribution in [0.2, 0.25) is 0 Å². The van der Waals surface area contributed by atoms with E-state index in [-0.39, 0.29) is 0 Å². The van der Waals surface area contributed by atoms with Gasteiger partial charge >= 0.3 is 0 Å². The fourth-order valence-electron chi connectivity index (χ4n) is 16.7. The molecular formula is C104H62N6O2. The SMILES string of the molecule is c1ccc2cc(-c3nc(-c4ccc(-c5cccc6ccccc56)cc4)nc(-c4ccc(-c5cccc6oc7cc8ccccc8cc7c56)c5ccccc45)n3)ccc2c1.c1ccc2cc(-c3nc(-c4ccc5ccccc5c4)nc(-c4ccc(-c5cccc6oc7cc8ccccc8cc7c56)c5ccccc45)n3)ccc2c1. The minimum Gasteiger partial charge on any atom is -0.456 e. The summed E-state index contributed by atoms with van der Waals surface area (Å²) in [6.07, 6.45) is 0. The Balaban J connectivity index is 0.000000138. The van der Waals surface area contributed by atoms with E-state index >= 15 is 0 Å². The summed E-state index contributed by atoms with van der Waals surface area (Å²) in [5, 5.41) is 22.9. The molecule has 0 aliphatic heterocycles. The number of furan rings is 2. The van der Waals surface area contributed by atoms with Gasteiger partial charge in [-0.2, -0.15) is 0 Å². The molecule has 8 heteroatoms. The smallest absolute Gasteiger partial charge is 0.164 e. The molecule has 0 amide bonds. The highest BCUT2D eigenvalue weighted by Crippen LogP contribution is 2.46. The zero-order valence-electron chi connectivity index (χ0n) is 60.3. The first-order valence-corrected chi connectivity index (χ1v) is 37.8. The van der Waals surface area contributed by atoms with Gasteiger partial charge in [-0.15, -0.1) is 0 Å². The molecule has 0 bridgehead atoms. The zero-order valence-corrected chi connectivity index (χ0v) is 60.3. The fraction of sp³-hybridized carbons (Fsp3) is 0. The average molecular weight is 1430 g/mol. The van der Waals surface area contributed by atoms with Crippen molar-refractivity contribution in [3.8, 4) is 102 Å². The van der Waals surface area contributed by atoms with Gasteiger partial charge in [0.05, 0.1) is 0 Å². The van der Waals surface area contributed by atoms with Gasteiger partial charge in [0, 0.05) is 54.9 Å². The minimum atomic E-state index is 0.623. The van der Waals surface area contributed by atoms with Crippen LogP contribution >= 0.6 is 0 Å². The van der Waals surface area contributed by atoms with Crippen molar-refractivity contribution in [3.05, 3.63) is 376 Å². The Morgan fingerprint density at radius 1 is 0.143 bits per heavy atom. The average Bonchev–Trinajstić information content (AvgIpc) is 1.49. The molecule has 520 valence electrons. The summed E-state index contributed by atoms with van der Waals surface area (Å²) in [5.41, 5.74) is 16.0. The minimum absolute atomic E-state index is 0.623. The fourth-order valence-corrected chi connectivity index (χ4v) is 16.7. The lowest BCUT2D eigenvalue weighted by Crippen LogP contribution is -2.01. The molecule has 0 N–H and O–H groups in total. The number of benzene rings is 19. The van der Waals surface area contributed by atoms with Crippen LogP contribution in [0, 0.1) is 0 Å². The van der Waals surface area contributed by atoms with Crippen LogP contribution in [-0.2, 0) is 0 Å². The van der Waals surface area contributed by atoms with Crippen molar-refractivity contribution in [2.75, 3.05) is 0 Å². The van der Waals surface area contributed by atoms with E-state index in [9.17, 15) is 0 Å². The number of fused-ring (bicyclic) bond motifs is 14. The van der Waals surface area contributed by atoms with Crippen LogP contribution in [0.1, 0.15) is 0 Å². The Kier molecular flexibility index (Phi) is 15.1. The van der Waals surface area contributed by atoms with Crippen molar-refractivity contribution in [1.82, 2.24) is 29.9 Å². The summed E-state index contributed by atoms with van der Waals surface area (Å²) in [5.74, 6) is 3.78. The molecule has 0 spiro atoms. The lowest BCUT2D eigenvalue weighted by atomic mass is 9.92. The van der Waals surface area contributed by atoms with Gasteiger partial charge in [-0.05, 0) is 186 Å². The third-order valence-electron chi connectivity index (χ3n) is 22.2. The number of hydrogen-bond acceptors (Lipinski definition) is 8. The van der Waals surface area contributed by atoms with Crippen molar-refractivity contribution in [1.29, 1.82) is 0 Å². The standard InChI is InChI=1S/C55H33N3O.C49H29N3O/c1-2-13-38-31-41(28-23-34(38)11-1)54-56-53(37-26-24-36(25-27-37)43-20-9-16-35-12-5-6-17-42(35)43)57-55(58-54)48-30-29-46(44-18-7-8-19-45(44)48)47-21-10-22-50-52(47)49-32-39-14-3-4-15-40(39)33-51(49)59-50;1-3-12-32-26-36(22-20-30(32)10-1)47-50-48(37-23-21-31-11-2-4-13-33(31)27-37)52-49(51-47)42-25-24-40(38-16-7-8-17-39(38)42)41-18-9-19-44-46(41)43-28-34-14-5-6-15-35(34)29-45(43)53-44/h1-33H;1-29H. The second kappa shape index (κ2) is 26.4. The van der Waals surface area contributed by atoms with E-state index in [4.69, 9.17) is 38.7 Å². The highest BCUT2D eigenvalue weighted by Gasteiger charge is 2.23. The largest absolute Gasteiger partial charge is 0.456 e. The van der Waals surface area contributed by atoms with Crippen LogP contribution in [-0.4, -0.2) is 29.9 Å². The van der Waals surface area contributed by atoms with Crippen molar-refractivity contribution >= 4 is 130 Å². The van der Waals surface area contributed by atoms with E-state index in [0.717, 1.165) is 148 Å². The third-order valence-corrected chi connectivity index (χ3v) is 22.2. The first-order valence-electron chi connectivity index (χ1n) is 37.8. The molecule has 23 rings (SSSR count). The van der Waals surface area contributed by atoms with Crippen LogP contribution in [0.5, 0.6) is 0 Å². The van der Waals surface area contributed by atoms with Gasteiger partial charge in [0.15, 0.2) is 34.9 Å². The monoisotopic (exact) mass is 1430 g/mol. The third kappa shape index (κ3) is 11.1. The van der Waals surface area contributed by atoms with E-state index in [1.165, 1.54) is 48.7 Å². The van der Waals surface area contributed by atoms with Gasteiger partial charge in [0.1, 0.15) is 22.3 Å². The molecule has 0 radical (unpaired) electrons. The van der Waals surface area contributed by atoms with Crippen molar-refractivity contribution in [2.24, 2.45) is 0 Å². The van der Waals surface area contributed by atoms with Gasteiger partial charge in [-0.3, -0.25) is 0 Å². The molecule has 0 unspecified atom stereocenters. The molecule has 23 aromatic rings. The van der Waals surface area contributed by atoms with E-state index < -0.39 is 0 Å². The summed E-state index contributed by atoms with van der Waals surface area (Å²) in [6.45, 7) is 0. The summed E-state index contributed by atoms with van der Waals surface area (Å²) in [6, 6.07) is 132. The number of aromatic nitrogens is 6. The topological polar surface area (TPSA) is 104 Å². The van der Waals surface area contributed by atoms with Gasteiger partial charge < -0.3 is 8.83 Å². The van der Waals surface area contributed by atoms with Crippen LogP contribution in [0.25, 0.3) is 232 Å². The first kappa shape index (κ1) is 64.1. The molecule has 4 heterocycles. The Morgan fingerprint density at radius 2 is 0.429 bits per heavy atom. The summed E-state index contributed by atoms with van der Waals surface area (Å²) < 4.78 is 13.0. The summed E-state index contributed by atoms with van der Waals surface area (Å²) in [7, 11) is 0. The lowest BCUT2D eigenvalue weighted by Gasteiger charge is -2.14. The van der Waals surface area contributed by atoms with Crippen molar-refractivity contribution in [3.63, 3.8) is 0 Å². The van der Waals surface area contributed by atoms with Gasteiger partial charge in [-0.25, -0.2) is 29.9 Å². The van der Waals surface area contributed by atoms with E-state index in [2.05, 4.69) is 376 Å². The Morgan fingerprint density at radius 3 is 0.848 bits per heavy atom. The summed E-state index contributed by atoms with van der Waals surface area (Å²) >= 11 is 0. The molecular weight excluding hydrogens is 1370 g/mol. The Labute approximate surface area is 642 Å². The second-order valence-corrected chi connectivity index (χ2v) is 28.8. The highest BCUT2D eigenvalue weighted by molar-refractivity contribution is 6.20. The number of rotatable bonds is 9. The molecule has 0 saturated carbocycles. The maximum absolute atomic E-state index is 6.49. The normalized spacial score (nSPS) is 11.8. The van der Waals surface area contributed by atoms with Gasteiger partial charge in [-0.1, -0.05) is 309 Å². The van der Waals surface area contributed by atoms with Crippen LogP contribution in [0.15, 0.2) is 385 Å². The number of nitrogens with zero attached hydrogens (tertiary/aromatic N) is 6. The Hall–Kier alpha value is -15.1. The maximum Gasteiger partial charge on any atom is 0.164 e. The van der Waals surface area contributed by atoms with Crippen molar-refractivity contribution < 1.29 is 8.83 Å². The predicted molar refractivity (Wildman–Crippen MR) is 463 cm³/mol. The molecule has 19 aromatic carbocycles.